The van der Waals surface area contributed by atoms with Crippen molar-refractivity contribution in [3.05, 3.63) is 24.5 Å². The zero-order valence-electron chi connectivity index (χ0n) is 15.5. The molecule has 0 saturated carbocycles. The lowest BCUT2D eigenvalue weighted by Crippen LogP contribution is -2.98. The largest absolute Gasteiger partial charge is 0.478 e. The molecule has 10 heteroatoms. The van der Waals surface area contributed by atoms with E-state index in [4.69, 9.17) is 14.9 Å². The number of nitrogens with one attached hydrogen (secondary N) is 3. The maximum absolute atomic E-state index is 12.2. The van der Waals surface area contributed by atoms with Gasteiger partial charge in [0.25, 0.3) is 0 Å². The third kappa shape index (κ3) is 5.17. The number of rotatable bonds is 10. The quantitative estimate of drug-likeness (QED) is 0.126. The lowest BCUT2D eigenvalue weighted by Gasteiger charge is -2.18. The summed E-state index contributed by atoms with van der Waals surface area (Å²) in [5.41, 5.74) is 0. The molecule has 0 bridgehead atoms. The normalized spacial score (nSPS) is 25.4. The van der Waals surface area contributed by atoms with E-state index in [1.54, 1.807) is 24.5 Å². The zero-order chi connectivity index (χ0) is 20.1. The number of hydrogen-bond acceptors (Lipinski definition) is 5. The summed E-state index contributed by atoms with van der Waals surface area (Å²) in [6, 6.07) is 3.13. The first-order valence-corrected chi connectivity index (χ1v) is 9.36. The number of quaternary nitrogens is 1. The molecule has 4 atom stereocenters. The van der Waals surface area contributed by atoms with Gasteiger partial charge >= 0.3 is 11.9 Å². The van der Waals surface area contributed by atoms with E-state index in [1.807, 2.05) is 0 Å². The van der Waals surface area contributed by atoms with E-state index in [0.29, 0.717) is 25.3 Å². The molecule has 2 saturated heterocycles. The number of carboxylic acid groups (broad SMARTS) is 2. The van der Waals surface area contributed by atoms with E-state index < -0.39 is 11.9 Å². The Morgan fingerprint density at radius 3 is 2.64 bits per heavy atom. The van der Waals surface area contributed by atoms with Crippen LogP contribution in [0.4, 0.5) is 0 Å². The number of nitrogens with zero attached hydrogens (tertiary/aromatic N) is 1. The summed E-state index contributed by atoms with van der Waals surface area (Å²) < 4.78 is 7.03. The molecule has 0 aliphatic carbocycles. The summed E-state index contributed by atoms with van der Waals surface area (Å²) in [7, 11) is 0. The maximum atomic E-state index is 12.2. The molecule has 10 nitrogen and oxygen atoms in total. The van der Waals surface area contributed by atoms with E-state index >= 15 is 0 Å². The van der Waals surface area contributed by atoms with Crippen LogP contribution in [0.15, 0.2) is 24.5 Å². The summed E-state index contributed by atoms with van der Waals surface area (Å²) in [5, 5.41) is 23.8. The fourth-order valence-corrected chi connectivity index (χ4v) is 3.77. The van der Waals surface area contributed by atoms with Gasteiger partial charge in [-0.1, -0.05) is 0 Å². The second kappa shape index (κ2) is 8.98. The second-order valence-electron chi connectivity index (χ2n) is 7.15. The van der Waals surface area contributed by atoms with Crippen molar-refractivity contribution in [2.45, 2.75) is 31.5 Å². The SMILES string of the molecule is O=C(O)C[n+]1ccc(OCNCCNC(=O)C2CC[NH+]3C(C2)C3C(=O)O)cc1. The Kier molecular flexibility index (Phi) is 6.42. The van der Waals surface area contributed by atoms with Crippen molar-refractivity contribution in [2.24, 2.45) is 5.92 Å². The Labute approximate surface area is 162 Å². The van der Waals surface area contributed by atoms with E-state index in [2.05, 4.69) is 10.6 Å². The lowest BCUT2D eigenvalue weighted by atomic mass is 9.95. The number of hydrogen-bond donors (Lipinski definition) is 5. The topological polar surface area (TPSA) is 133 Å². The minimum Gasteiger partial charge on any atom is -0.478 e. The highest BCUT2D eigenvalue weighted by Gasteiger charge is 2.62. The van der Waals surface area contributed by atoms with Gasteiger partial charge in [0.05, 0.1) is 6.54 Å². The van der Waals surface area contributed by atoms with E-state index in [0.717, 1.165) is 17.9 Å². The van der Waals surface area contributed by atoms with Gasteiger partial charge in [0.15, 0.2) is 18.4 Å². The van der Waals surface area contributed by atoms with Crippen LogP contribution in [-0.4, -0.2) is 66.5 Å². The number of carbonyl (C=O) groups is 3. The molecule has 1 aromatic rings. The Morgan fingerprint density at radius 2 is 1.96 bits per heavy atom. The van der Waals surface area contributed by atoms with Crippen LogP contribution in [-0.2, 0) is 20.9 Å². The van der Waals surface area contributed by atoms with Gasteiger partial charge < -0.3 is 25.2 Å². The standard InChI is InChI=1S/C18H24N4O6/c23-15(24)10-21-6-2-13(3-7-21)28-11-19-4-5-20-17(25)12-1-8-22-14(9-12)16(22)18(26)27/h2-3,6-7,12,14,16,19H,1,4-5,8-11H2,(H2-,20,23,24,25,26,27)/p+2. The number of fused-ring (bicyclic) bond motifs is 1. The van der Waals surface area contributed by atoms with Crippen molar-refractivity contribution < 1.29 is 38.8 Å². The van der Waals surface area contributed by atoms with Gasteiger partial charge in [-0.15, -0.1) is 0 Å². The average molecular weight is 394 g/mol. The van der Waals surface area contributed by atoms with Gasteiger partial charge in [0.2, 0.25) is 18.5 Å². The first kappa shape index (κ1) is 20.0. The predicted molar refractivity (Wildman–Crippen MR) is 94.5 cm³/mol. The molecule has 3 heterocycles. The molecular weight excluding hydrogens is 368 g/mol. The summed E-state index contributed by atoms with van der Waals surface area (Å²) in [6.07, 6.45) is 4.63. The maximum Gasteiger partial charge on any atom is 0.370 e. The van der Waals surface area contributed by atoms with Gasteiger partial charge in [0.1, 0.15) is 12.5 Å². The number of pyridine rings is 1. The Morgan fingerprint density at radius 1 is 1.21 bits per heavy atom. The monoisotopic (exact) mass is 394 g/mol. The molecule has 2 aliphatic heterocycles. The molecule has 0 radical (unpaired) electrons. The van der Waals surface area contributed by atoms with Gasteiger partial charge in [0, 0.05) is 44.0 Å². The number of carbonyl (C=O) groups excluding carboxylic acids is 1. The van der Waals surface area contributed by atoms with Gasteiger partial charge in [-0.2, -0.15) is 4.57 Å². The summed E-state index contributed by atoms with van der Waals surface area (Å²) >= 11 is 0. The van der Waals surface area contributed by atoms with E-state index in [-0.39, 0.29) is 37.2 Å². The van der Waals surface area contributed by atoms with Crippen LogP contribution in [0.25, 0.3) is 0 Å². The molecule has 4 unspecified atom stereocenters. The fraction of sp³-hybridized carbons (Fsp3) is 0.556. The van der Waals surface area contributed by atoms with Gasteiger partial charge in [-0.25, -0.2) is 9.59 Å². The van der Waals surface area contributed by atoms with Crippen LogP contribution >= 0.6 is 0 Å². The highest BCUT2D eigenvalue weighted by atomic mass is 16.5. The molecular formula is C18H26N4O6+2. The molecule has 152 valence electrons. The lowest BCUT2D eigenvalue weighted by molar-refractivity contribution is -0.790. The molecule has 0 spiro atoms. The number of aromatic nitrogens is 1. The van der Waals surface area contributed by atoms with Crippen LogP contribution in [0.2, 0.25) is 0 Å². The Bertz CT molecular complexity index is 725. The van der Waals surface area contributed by atoms with Crippen LogP contribution in [0.1, 0.15) is 12.8 Å². The Hall–Kier alpha value is -2.72. The zero-order valence-corrected chi connectivity index (χ0v) is 15.5. The van der Waals surface area contributed by atoms with Crippen molar-refractivity contribution in [1.29, 1.82) is 0 Å². The van der Waals surface area contributed by atoms with Crippen molar-refractivity contribution >= 4 is 17.8 Å². The van der Waals surface area contributed by atoms with Crippen molar-refractivity contribution in [2.75, 3.05) is 26.4 Å². The van der Waals surface area contributed by atoms with Crippen molar-refractivity contribution in [3.63, 3.8) is 0 Å². The average Bonchev–Trinajstić information content (AvgIpc) is 3.39. The highest BCUT2D eigenvalue weighted by molar-refractivity contribution is 5.79. The number of piperidine rings is 1. The molecule has 2 fully saturated rings. The van der Waals surface area contributed by atoms with Crippen LogP contribution in [0.5, 0.6) is 5.75 Å². The minimum atomic E-state index is -0.909. The first-order chi connectivity index (χ1) is 13.5. The number of amides is 1. The molecule has 3 rings (SSSR count). The third-order valence-electron chi connectivity index (χ3n) is 5.25. The predicted octanol–water partition coefficient (Wildman–Crippen LogP) is -2.77. The van der Waals surface area contributed by atoms with Crippen LogP contribution in [0.3, 0.4) is 0 Å². The first-order valence-electron chi connectivity index (χ1n) is 9.36. The van der Waals surface area contributed by atoms with Crippen molar-refractivity contribution in [1.82, 2.24) is 10.6 Å². The van der Waals surface area contributed by atoms with Gasteiger partial charge in [-0.3, -0.25) is 10.1 Å². The minimum absolute atomic E-state index is 0.0103. The number of aliphatic carboxylic acids is 2. The molecule has 0 aromatic carbocycles. The molecule has 28 heavy (non-hydrogen) atoms. The Balaban J connectivity index is 1.26. The molecule has 1 aromatic heterocycles. The second-order valence-corrected chi connectivity index (χ2v) is 7.15. The van der Waals surface area contributed by atoms with Gasteiger partial charge in [-0.05, 0) is 0 Å². The fourth-order valence-electron chi connectivity index (χ4n) is 3.77. The molecule has 1 amide bonds. The van der Waals surface area contributed by atoms with Crippen molar-refractivity contribution in [3.8, 4) is 5.75 Å². The molecule has 5 N–H and O–H groups in total. The van der Waals surface area contributed by atoms with Crippen LogP contribution < -0.4 is 24.8 Å². The van der Waals surface area contributed by atoms with E-state index in [1.165, 1.54) is 4.57 Å². The third-order valence-corrected chi connectivity index (χ3v) is 5.25. The van der Waals surface area contributed by atoms with Crippen LogP contribution in [0, 0.1) is 5.92 Å². The summed E-state index contributed by atoms with van der Waals surface area (Å²) in [5.74, 6) is -1.17. The number of carboxylic acids is 2. The summed E-state index contributed by atoms with van der Waals surface area (Å²) in [4.78, 5) is 35.0. The molecule has 2 aliphatic rings. The van der Waals surface area contributed by atoms with E-state index in [9.17, 15) is 14.4 Å². The highest BCUT2D eigenvalue weighted by Crippen LogP contribution is 2.22. The smallest absolute Gasteiger partial charge is 0.370 e. The summed E-state index contributed by atoms with van der Waals surface area (Å²) in [6.45, 7) is 1.92. The number of ether oxygens (including phenoxy) is 1.